The van der Waals surface area contributed by atoms with E-state index in [1.54, 1.807) is 12.4 Å². The Kier molecular flexibility index (Phi) is 6.92. The van der Waals surface area contributed by atoms with Crippen molar-refractivity contribution >= 4 is 29.3 Å². The Morgan fingerprint density at radius 3 is 2.55 bits per heavy atom. The maximum atomic E-state index is 12.9. The molecular weight excluding hydrogens is 430 g/mol. The van der Waals surface area contributed by atoms with E-state index in [1.807, 2.05) is 47.9 Å². The quantitative estimate of drug-likeness (QED) is 0.520. The summed E-state index contributed by atoms with van der Waals surface area (Å²) >= 11 is 7.50. The smallest absolute Gasteiger partial charge is 0.233 e. The van der Waals surface area contributed by atoms with Crippen LogP contribution in [0.2, 0.25) is 5.02 Å². The molecule has 1 amide bonds. The van der Waals surface area contributed by atoms with Crippen molar-refractivity contribution in [1.29, 1.82) is 0 Å². The van der Waals surface area contributed by atoms with Gasteiger partial charge in [0, 0.05) is 34.7 Å². The molecule has 1 aromatic carbocycles. The molecule has 0 radical (unpaired) electrons. The molecule has 2 heterocycles. The minimum absolute atomic E-state index is 0.0415. The maximum absolute atomic E-state index is 12.9. The number of hydrogen-bond donors (Lipinski definition) is 1. The van der Waals surface area contributed by atoms with Crippen molar-refractivity contribution in [2.45, 2.75) is 56.0 Å². The predicted molar refractivity (Wildman–Crippen MR) is 124 cm³/mol. The van der Waals surface area contributed by atoms with E-state index in [4.69, 9.17) is 11.6 Å². The molecule has 162 valence electrons. The molecule has 4 rings (SSSR count). The molecule has 3 atom stereocenters. The van der Waals surface area contributed by atoms with Gasteiger partial charge in [-0.3, -0.25) is 14.3 Å². The van der Waals surface area contributed by atoms with Gasteiger partial charge in [0.1, 0.15) is 0 Å². The van der Waals surface area contributed by atoms with Crippen LogP contribution in [-0.2, 0) is 4.79 Å². The summed E-state index contributed by atoms with van der Waals surface area (Å²) in [6.45, 7) is 4.14. The fraction of sp³-hybridized carbons (Fsp3) is 0.391. The Balaban J connectivity index is 1.59. The van der Waals surface area contributed by atoms with Crippen LogP contribution in [0, 0.1) is 5.92 Å². The maximum Gasteiger partial charge on any atom is 0.233 e. The summed E-state index contributed by atoms with van der Waals surface area (Å²) in [6, 6.07) is 11.6. The molecule has 3 aromatic rings. The summed E-state index contributed by atoms with van der Waals surface area (Å²) in [5, 5.41) is 13.1. The first kappa shape index (κ1) is 21.8. The zero-order valence-corrected chi connectivity index (χ0v) is 19.2. The summed E-state index contributed by atoms with van der Waals surface area (Å²) in [5.74, 6) is 1.26. The highest BCUT2D eigenvalue weighted by atomic mass is 35.5. The van der Waals surface area contributed by atoms with E-state index in [1.165, 1.54) is 31.0 Å². The Hall–Kier alpha value is -2.38. The number of pyridine rings is 1. The van der Waals surface area contributed by atoms with Gasteiger partial charge in [0.25, 0.3) is 0 Å². The van der Waals surface area contributed by atoms with E-state index in [0.717, 1.165) is 17.7 Å². The molecule has 0 spiro atoms. The van der Waals surface area contributed by atoms with E-state index in [9.17, 15) is 4.79 Å². The molecule has 1 fully saturated rings. The van der Waals surface area contributed by atoms with Crippen molar-refractivity contribution in [2.24, 2.45) is 5.92 Å². The molecule has 6 nitrogen and oxygen atoms in total. The Bertz CT molecular complexity index is 1020. The summed E-state index contributed by atoms with van der Waals surface area (Å²) in [7, 11) is 0. The highest BCUT2D eigenvalue weighted by Crippen LogP contribution is 2.31. The van der Waals surface area contributed by atoms with Crippen LogP contribution in [-0.4, -0.2) is 36.9 Å². The second kappa shape index (κ2) is 9.83. The zero-order valence-electron chi connectivity index (χ0n) is 17.7. The molecule has 2 aromatic heterocycles. The Morgan fingerprint density at radius 2 is 1.84 bits per heavy atom. The van der Waals surface area contributed by atoms with Gasteiger partial charge >= 0.3 is 0 Å². The van der Waals surface area contributed by atoms with Crippen LogP contribution in [0.1, 0.15) is 39.5 Å². The van der Waals surface area contributed by atoms with Gasteiger partial charge in [-0.15, -0.1) is 10.2 Å². The average molecular weight is 456 g/mol. The molecule has 0 saturated heterocycles. The van der Waals surface area contributed by atoms with Crippen molar-refractivity contribution in [3.8, 4) is 17.1 Å². The standard InChI is InChI=1S/C23H26ClN5OS/c1-15-5-3-4-6-20(15)26-22(30)16(2)31-23-28-27-21(17-11-13-25-14-12-17)29(23)19-9-7-18(24)8-10-19/h7-16,20H,3-6H2,1-2H3,(H,26,30). The van der Waals surface area contributed by atoms with E-state index in [0.29, 0.717) is 21.9 Å². The fourth-order valence-electron chi connectivity index (χ4n) is 3.90. The number of aromatic nitrogens is 4. The summed E-state index contributed by atoms with van der Waals surface area (Å²) in [4.78, 5) is 17.0. The van der Waals surface area contributed by atoms with Gasteiger partial charge in [-0.25, -0.2) is 0 Å². The molecule has 0 aliphatic heterocycles. The number of carbonyl (C=O) groups excluding carboxylic acids is 1. The van der Waals surface area contributed by atoms with Gasteiger partial charge in [0.05, 0.1) is 5.25 Å². The highest BCUT2D eigenvalue weighted by Gasteiger charge is 2.27. The number of rotatable bonds is 6. The molecule has 1 saturated carbocycles. The van der Waals surface area contributed by atoms with Gasteiger partial charge < -0.3 is 5.32 Å². The second-order valence-electron chi connectivity index (χ2n) is 7.99. The lowest BCUT2D eigenvalue weighted by Crippen LogP contribution is -2.44. The van der Waals surface area contributed by atoms with Gasteiger partial charge in [-0.05, 0) is 62.1 Å². The van der Waals surface area contributed by atoms with Crippen LogP contribution in [0.3, 0.4) is 0 Å². The second-order valence-corrected chi connectivity index (χ2v) is 9.74. The highest BCUT2D eigenvalue weighted by molar-refractivity contribution is 8.00. The number of nitrogens with one attached hydrogen (secondary N) is 1. The number of amides is 1. The van der Waals surface area contributed by atoms with Gasteiger partial charge in [0.15, 0.2) is 11.0 Å². The van der Waals surface area contributed by atoms with Crippen molar-refractivity contribution in [1.82, 2.24) is 25.1 Å². The number of thioether (sulfide) groups is 1. The van der Waals surface area contributed by atoms with Crippen LogP contribution in [0.5, 0.6) is 0 Å². The SMILES string of the molecule is CC(Sc1nnc(-c2ccncc2)n1-c1ccc(Cl)cc1)C(=O)NC1CCCCC1C. The minimum Gasteiger partial charge on any atom is -0.352 e. The number of hydrogen-bond acceptors (Lipinski definition) is 5. The van der Waals surface area contributed by atoms with Gasteiger partial charge in [-0.2, -0.15) is 0 Å². The van der Waals surface area contributed by atoms with Crippen molar-refractivity contribution in [2.75, 3.05) is 0 Å². The lowest BCUT2D eigenvalue weighted by atomic mass is 9.86. The van der Waals surface area contributed by atoms with E-state index in [2.05, 4.69) is 27.4 Å². The van der Waals surface area contributed by atoms with Crippen molar-refractivity contribution in [3.63, 3.8) is 0 Å². The monoisotopic (exact) mass is 455 g/mol. The lowest BCUT2D eigenvalue weighted by Gasteiger charge is -2.30. The summed E-state index contributed by atoms with van der Waals surface area (Å²) < 4.78 is 1.96. The molecule has 1 aliphatic rings. The van der Waals surface area contributed by atoms with Gasteiger partial charge in [-0.1, -0.05) is 43.1 Å². The Morgan fingerprint density at radius 1 is 1.13 bits per heavy atom. The van der Waals surface area contributed by atoms with Crippen LogP contribution in [0.15, 0.2) is 53.9 Å². The van der Waals surface area contributed by atoms with E-state index in [-0.39, 0.29) is 17.2 Å². The summed E-state index contributed by atoms with van der Waals surface area (Å²) in [6.07, 6.45) is 8.11. The van der Waals surface area contributed by atoms with Crippen LogP contribution in [0.25, 0.3) is 17.1 Å². The first-order valence-electron chi connectivity index (χ1n) is 10.6. The molecule has 3 unspecified atom stereocenters. The lowest BCUT2D eigenvalue weighted by molar-refractivity contribution is -0.121. The number of benzene rings is 1. The molecule has 0 bridgehead atoms. The largest absolute Gasteiger partial charge is 0.352 e. The molecular formula is C23H26ClN5OS. The average Bonchev–Trinajstić information content (AvgIpc) is 3.20. The number of nitrogens with zero attached hydrogens (tertiary/aromatic N) is 4. The fourth-order valence-corrected chi connectivity index (χ4v) is 4.90. The third kappa shape index (κ3) is 5.10. The topological polar surface area (TPSA) is 72.7 Å². The normalized spacial score (nSPS) is 19.7. The first-order chi connectivity index (χ1) is 15.0. The van der Waals surface area contributed by atoms with E-state index >= 15 is 0 Å². The first-order valence-corrected chi connectivity index (χ1v) is 11.9. The number of halogens is 1. The van der Waals surface area contributed by atoms with E-state index < -0.39 is 0 Å². The zero-order chi connectivity index (χ0) is 21.8. The predicted octanol–water partition coefficient (Wildman–Crippen LogP) is 5.16. The van der Waals surface area contributed by atoms with Crippen molar-refractivity contribution < 1.29 is 4.79 Å². The third-order valence-electron chi connectivity index (χ3n) is 5.75. The van der Waals surface area contributed by atoms with Gasteiger partial charge in [0.2, 0.25) is 5.91 Å². The third-order valence-corrected chi connectivity index (χ3v) is 7.04. The summed E-state index contributed by atoms with van der Waals surface area (Å²) in [5.41, 5.74) is 1.79. The molecule has 1 aliphatic carbocycles. The minimum atomic E-state index is -0.297. The van der Waals surface area contributed by atoms with Crippen LogP contribution in [0.4, 0.5) is 0 Å². The van der Waals surface area contributed by atoms with Crippen molar-refractivity contribution in [3.05, 3.63) is 53.8 Å². The molecule has 8 heteroatoms. The molecule has 1 N–H and O–H groups in total. The molecule has 31 heavy (non-hydrogen) atoms. The Labute approximate surface area is 191 Å². The number of carbonyl (C=O) groups is 1. The van der Waals surface area contributed by atoms with Crippen LogP contribution < -0.4 is 5.32 Å². The van der Waals surface area contributed by atoms with Crippen LogP contribution >= 0.6 is 23.4 Å².